The molecule has 0 amide bonds. The minimum absolute atomic E-state index is 0.111. The predicted octanol–water partition coefficient (Wildman–Crippen LogP) is 2.90. The smallest absolute Gasteiger partial charge is 0.169 e. The fourth-order valence-corrected chi connectivity index (χ4v) is 4.87. The second-order valence-electron chi connectivity index (χ2n) is 8.97. The van der Waals surface area contributed by atoms with Gasteiger partial charge in [0.05, 0.1) is 4.90 Å². The van der Waals surface area contributed by atoms with Gasteiger partial charge < -0.3 is 19.4 Å². The van der Waals surface area contributed by atoms with Crippen LogP contribution in [0.5, 0.6) is 0 Å². The van der Waals surface area contributed by atoms with Gasteiger partial charge in [0, 0.05) is 47.9 Å². The molecule has 34 heavy (non-hydrogen) atoms. The largest absolute Gasteiger partial charge is 0.744 e. The highest BCUT2D eigenvalue weighted by Gasteiger charge is 2.39. The van der Waals surface area contributed by atoms with Crippen molar-refractivity contribution in [1.29, 1.82) is 0 Å². The van der Waals surface area contributed by atoms with Gasteiger partial charge >= 0.3 is 0 Å². The van der Waals surface area contributed by atoms with Crippen LogP contribution in [0, 0.1) is 0 Å². The van der Waals surface area contributed by atoms with E-state index in [1.54, 1.807) is 6.07 Å². The number of carboxylic acid groups (broad SMARTS) is 1. The molecule has 7 nitrogen and oxygen atoms in total. The fourth-order valence-electron chi connectivity index (χ4n) is 4.37. The molecule has 0 unspecified atom stereocenters. The maximum absolute atomic E-state index is 11.5. The van der Waals surface area contributed by atoms with Gasteiger partial charge in [-0.1, -0.05) is 26.0 Å². The average Bonchev–Trinajstić information content (AvgIpc) is 2.99. The van der Waals surface area contributed by atoms with Gasteiger partial charge in [0.2, 0.25) is 0 Å². The van der Waals surface area contributed by atoms with Crippen molar-refractivity contribution in [2.24, 2.45) is 0 Å². The van der Waals surface area contributed by atoms with E-state index < -0.39 is 21.5 Å². The molecule has 0 bridgehead atoms. The van der Waals surface area contributed by atoms with E-state index in [0.717, 1.165) is 41.9 Å². The Morgan fingerprint density at radius 3 is 2.44 bits per heavy atom. The van der Waals surface area contributed by atoms with E-state index in [2.05, 4.69) is 9.47 Å². The summed E-state index contributed by atoms with van der Waals surface area (Å²) in [6.07, 6.45) is 12.6. The van der Waals surface area contributed by atoms with Crippen LogP contribution in [0.3, 0.4) is 0 Å². The van der Waals surface area contributed by atoms with Gasteiger partial charge in [-0.3, -0.25) is 0 Å². The molecule has 1 aliphatic heterocycles. The Labute approximate surface area is 201 Å². The Kier molecular flexibility index (Phi) is 7.94. The number of allylic oxidation sites excluding steroid dienone is 3. The van der Waals surface area contributed by atoms with E-state index in [-0.39, 0.29) is 11.3 Å². The first-order valence-electron chi connectivity index (χ1n) is 11.5. The lowest BCUT2D eigenvalue weighted by molar-refractivity contribution is -0.697. The first-order chi connectivity index (χ1) is 16.0. The minimum atomic E-state index is -4.52. The van der Waals surface area contributed by atoms with Gasteiger partial charge in [0.1, 0.15) is 16.7 Å². The molecular weight excluding hydrogens is 452 g/mol. The number of unbranched alkanes of at least 4 members (excludes halogenated alkanes) is 2. The van der Waals surface area contributed by atoms with Crippen molar-refractivity contribution in [3.63, 3.8) is 0 Å². The number of anilines is 1. The van der Waals surface area contributed by atoms with Crippen molar-refractivity contribution >= 4 is 27.9 Å². The molecule has 0 atom stereocenters. The number of likely N-dealkylation sites (N-methyl/N-ethyl adjacent to an activating group) is 1. The number of rotatable bonds is 10. The lowest BCUT2D eigenvalue weighted by Crippen LogP contribution is -2.32. The van der Waals surface area contributed by atoms with Crippen LogP contribution in [0.4, 0.5) is 5.69 Å². The second-order valence-corrected chi connectivity index (χ2v) is 10.3. The van der Waals surface area contributed by atoms with E-state index in [0.29, 0.717) is 13.0 Å². The number of pyridine rings is 1. The van der Waals surface area contributed by atoms with Crippen LogP contribution < -0.4 is 14.6 Å². The summed E-state index contributed by atoms with van der Waals surface area (Å²) in [5.41, 5.74) is 3.36. The predicted molar refractivity (Wildman–Crippen MR) is 128 cm³/mol. The molecule has 3 rings (SSSR count). The first kappa shape index (κ1) is 25.6. The molecule has 8 heteroatoms. The van der Waals surface area contributed by atoms with Crippen molar-refractivity contribution in [2.75, 3.05) is 11.4 Å². The highest BCUT2D eigenvalue weighted by Crippen LogP contribution is 2.48. The zero-order valence-corrected chi connectivity index (χ0v) is 20.7. The number of aromatic nitrogens is 1. The summed E-state index contributed by atoms with van der Waals surface area (Å²) in [4.78, 5) is 12.4. The fraction of sp³-hybridized carbons (Fsp3) is 0.385. The average molecular weight is 484 g/mol. The van der Waals surface area contributed by atoms with Crippen LogP contribution in [0.25, 0.3) is 6.08 Å². The van der Waals surface area contributed by atoms with Crippen LogP contribution >= 0.6 is 0 Å². The van der Waals surface area contributed by atoms with Gasteiger partial charge in [-0.15, -0.1) is 0 Å². The highest BCUT2D eigenvalue weighted by atomic mass is 32.2. The van der Waals surface area contributed by atoms with Gasteiger partial charge in [0.15, 0.2) is 12.4 Å². The number of aliphatic carboxylic acids is 1. The van der Waals surface area contributed by atoms with Crippen molar-refractivity contribution in [3.8, 4) is 0 Å². The Bertz CT molecular complexity index is 1200. The first-order valence-corrected chi connectivity index (χ1v) is 12.9. The number of benzene rings is 1. The molecular formula is C26H31N2O5S-. The maximum Gasteiger partial charge on any atom is 0.169 e. The Hall–Kier alpha value is -2.97. The van der Waals surface area contributed by atoms with Crippen LogP contribution in [0.15, 0.2) is 65.5 Å². The molecule has 0 N–H and O–H groups in total. The monoisotopic (exact) mass is 483 g/mol. The number of aryl methyl sites for hydroxylation is 1. The van der Waals surface area contributed by atoms with Gasteiger partial charge in [-0.2, -0.15) is 0 Å². The summed E-state index contributed by atoms with van der Waals surface area (Å²) < 4.78 is 36.6. The number of carbonyl (C=O) groups excluding carboxylic acids is 1. The number of fused-ring (bicyclic) bond motifs is 1. The van der Waals surface area contributed by atoms with Gasteiger partial charge in [0.25, 0.3) is 0 Å². The van der Waals surface area contributed by atoms with E-state index in [4.69, 9.17) is 0 Å². The van der Waals surface area contributed by atoms with E-state index in [9.17, 15) is 22.9 Å². The Balaban J connectivity index is 1.71. The number of hydrogen-bond donors (Lipinski definition) is 0. The van der Waals surface area contributed by atoms with Crippen molar-refractivity contribution < 1.29 is 27.4 Å². The molecule has 0 aliphatic carbocycles. The van der Waals surface area contributed by atoms with Gasteiger partial charge in [-0.05, 0) is 61.6 Å². The van der Waals surface area contributed by atoms with Crippen LogP contribution in [0.1, 0.15) is 57.6 Å². The number of hydrogen-bond acceptors (Lipinski definition) is 6. The normalized spacial score (nSPS) is 16.4. The summed E-state index contributed by atoms with van der Waals surface area (Å²) in [6, 6.07) is 8.63. The zero-order chi connectivity index (χ0) is 24.9. The number of carbonyl (C=O) groups is 1. The van der Waals surface area contributed by atoms with Crippen molar-refractivity contribution in [1.82, 2.24) is 0 Å². The summed E-state index contributed by atoms with van der Waals surface area (Å²) in [5, 5.41) is 10.5. The van der Waals surface area contributed by atoms with Crippen LogP contribution in [-0.2, 0) is 26.9 Å². The summed E-state index contributed by atoms with van der Waals surface area (Å²) >= 11 is 0. The standard InChI is InChI=1S/C26H32N2O5S/c1-4-28-23-13-12-21(34(31,32)33)19-22(23)26(2,3)24(28)10-8-9-20-14-17-27(18-15-20)16-7-5-6-11-25(29)30/h8-10,12-15,17-19H,4-7,11,16H2,1-3H3,(H-,29,30,31,32,33)/p-1. The van der Waals surface area contributed by atoms with E-state index >= 15 is 0 Å². The molecule has 0 radical (unpaired) electrons. The molecule has 2 aromatic rings. The second kappa shape index (κ2) is 10.5. The molecule has 0 saturated heterocycles. The van der Waals surface area contributed by atoms with Crippen molar-refractivity contribution in [3.05, 3.63) is 71.7 Å². The molecule has 2 heterocycles. The maximum atomic E-state index is 11.5. The number of carboxylic acids is 1. The molecule has 1 aliphatic rings. The third-order valence-corrected chi connectivity index (χ3v) is 7.06. The lowest BCUT2D eigenvalue weighted by Gasteiger charge is -2.25. The highest BCUT2D eigenvalue weighted by molar-refractivity contribution is 7.85. The zero-order valence-electron chi connectivity index (χ0n) is 19.9. The summed E-state index contributed by atoms with van der Waals surface area (Å²) in [7, 11) is -4.52. The molecule has 182 valence electrons. The minimum Gasteiger partial charge on any atom is -0.744 e. The summed E-state index contributed by atoms with van der Waals surface area (Å²) in [5.74, 6) is -0.995. The SMILES string of the molecule is CCN1C(=CC=Cc2cc[n+](CCCCCC(=O)[O-])cc2)C(C)(C)c2cc(S(=O)(=O)[O-])ccc21. The Morgan fingerprint density at radius 2 is 1.82 bits per heavy atom. The van der Waals surface area contributed by atoms with E-state index in [1.807, 2.05) is 63.5 Å². The summed E-state index contributed by atoms with van der Waals surface area (Å²) in [6.45, 7) is 7.64. The third-order valence-electron chi connectivity index (χ3n) is 6.23. The van der Waals surface area contributed by atoms with Crippen LogP contribution in [-0.4, -0.2) is 25.5 Å². The molecule has 0 fully saturated rings. The number of nitrogens with zero attached hydrogens (tertiary/aromatic N) is 2. The molecule has 1 aromatic carbocycles. The van der Waals surface area contributed by atoms with Gasteiger partial charge in [-0.25, -0.2) is 13.0 Å². The molecule has 0 spiro atoms. The van der Waals surface area contributed by atoms with Crippen molar-refractivity contribution in [2.45, 2.75) is 63.3 Å². The van der Waals surface area contributed by atoms with Crippen LogP contribution in [0.2, 0.25) is 0 Å². The molecule has 1 aromatic heterocycles. The quantitative estimate of drug-likeness (QED) is 0.292. The lowest BCUT2D eigenvalue weighted by atomic mass is 9.83. The van der Waals surface area contributed by atoms with E-state index in [1.165, 1.54) is 12.1 Å². The topological polar surface area (TPSA) is 104 Å². The molecule has 0 saturated carbocycles. The third kappa shape index (κ3) is 5.93. The Morgan fingerprint density at radius 1 is 1.12 bits per heavy atom.